The monoisotopic (exact) mass is 406 g/mol. The number of nitrogens with zero attached hydrogens (tertiary/aromatic N) is 5. The van der Waals surface area contributed by atoms with Crippen molar-refractivity contribution in [3.8, 4) is 0 Å². The number of nitrogens with one attached hydrogen (secondary N) is 1. The van der Waals surface area contributed by atoms with Gasteiger partial charge in [-0.1, -0.05) is 11.2 Å². The minimum absolute atomic E-state index is 0.102. The van der Waals surface area contributed by atoms with Crippen LogP contribution in [0.2, 0.25) is 0 Å². The van der Waals surface area contributed by atoms with Crippen molar-refractivity contribution < 1.29 is 9.32 Å². The molecule has 8 heteroatoms. The highest BCUT2D eigenvalue weighted by Crippen LogP contribution is 2.27. The fourth-order valence-electron chi connectivity index (χ4n) is 3.78. The molecule has 1 unspecified atom stereocenters. The molecule has 0 spiro atoms. The molecule has 156 valence electrons. The zero-order chi connectivity index (χ0) is 21.1. The number of aryl methyl sites for hydroxylation is 3. The molecule has 1 fully saturated rings. The molecule has 1 amide bonds. The summed E-state index contributed by atoms with van der Waals surface area (Å²) < 4.78 is 5.19. The molecule has 4 rings (SSSR count). The average molecular weight is 406 g/mol. The Morgan fingerprint density at radius 1 is 1.23 bits per heavy atom. The lowest BCUT2D eigenvalue weighted by Gasteiger charge is -2.32. The van der Waals surface area contributed by atoms with Crippen LogP contribution in [-0.4, -0.2) is 44.0 Å². The van der Waals surface area contributed by atoms with E-state index in [1.165, 1.54) is 0 Å². The van der Waals surface area contributed by atoms with E-state index < -0.39 is 0 Å². The number of aromatic nitrogens is 4. The summed E-state index contributed by atoms with van der Waals surface area (Å²) in [5.41, 5.74) is 3.71. The summed E-state index contributed by atoms with van der Waals surface area (Å²) in [6, 6.07) is 5.82. The summed E-state index contributed by atoms with van der Waals surface area (Å²) in [4.78, 5) is 28.2. The Morgan fingerprint density at radius 3 is 2.83 bits per heavy atom. The van der Waals surface area contributed by atoms with Crippen molar-refractivity contribution in [1.82, 2.24) is 25.0 Å². The standard InChI is InChI=1S/C22H26N6O2/c1-14-6-7-20(24-12-14)26-22-23-9-8-19(25-22)17-5-4-10-28(13-17)21(29)11-18-15(2)27-30-16(18)3/h6-9,12,17H,4-5,10-11,13H2,1-3H3,(H,23,24,25,26). The third-order valence-corrected chi connectivity index (χ3v) is 5.53. The van der Waals surface area contributed by atoms with Crippen LogP contribution in [0.4, 0.5) is 11.8 Å². The summed E-state index contributed by atoms with van der Waals surface area (Å²) >= 11 is 0. The molecule has 0 saturated carbocycles. The smallest absolute Gasteiger partial charge is 0.228 e. The minimum Gasteiger partial charge on any atom is -0.361 e. The molecular formula is C22H26N6O2. The lowest BCUT2D eigenvalue weighted by molar-refractivity contribution is -0.131. The normalized spacial score (nSPS) is 16.5. The van der Waals surface area contributed by atoms with E-state index in [9.17, 15) is 4.79 Å². The molecule has 1 aliphatic rings. The van der Waals surface area contributed by atoms with Gasteiger partial charge < -0.3 is 14.7 Å². The van der Waals surface area contributed by atoms with E-state index in [1.54, 1.807) is 12.4 Å². The summed E-state index contributed by atoms with van der Waals surface area (Å²) in [5.74, 6) is 2.22. The van der Waals surface area contributed by atoms with E-state index in [0.717, 1.165) is 41.9 Å². The lowest BCUT2D eigenvalue weighted by Crippen LogP contribution is -2.40. The number of hydrogen-bond acceptors (Lipinski definition) is 7. The van der Waals surface area contributed by atoms with Crippen LogP contribution in [0.15, 0.2) is 35.1 Å². The number of rotatable bonds is 5. The Balaban J connectivity index is 1.44. The van der Waals surface area contributed by atoms with Gasteiger partial charge in [-0.25, -0.2) is 15.0 Å². The first-order valence-corrected chi connectivity index (χ1v) is 10.2. The Bertz CT molecular complexity index is 1010. The molecule has 8 nitrogen and oxygen atoms in total. The van der Waals surface area contributed by atoms with Crippen LogP contribution >= 0.6 is 0 Å². The van der Waals surface area contributed by atoms with E-state index >= 15 is 0 Å². The highest BCUT2D eigenvalue weighted by molar-refractivity contribution is 5.79. The van der Waals surface area contributed by atoms with Crippen LogP contribution < -0.4 is 5.32 Å². The van der Waals surface area contributed by atoms with Crippen LogP contribution in [0.5, 0.6) is 0 Å². The molecule has 0 aliphatic carbocycles. The van der Waals surface area contributed by atoms with Crippen molar-refractivity contribution in [1.29, 1.82) is 0 Å². The number of hydrogen-bond donors (Lipinski definition) is 1. The van der Waals surface area contributed by atoms with Gasteiger partial charge in [0, 0.05) is 37.0 Å². The van der Waals surface area contributed by atoms with Crippen molar-refractivity contribution >= 4 is 17.7 Å². The highest BCUT2D eigenvalue weighted by Gasteiger charge is 2.27. The second kappa shape index (κ2) is 8.61. The fraction of sp³-hybridized carbons (Fsp3) is 0.409. The van der Waals surface area contributed by atoms with Crippen LogP contribution in [0.3, 0.4) is 0 Å². The van der Waals surface area contributed by atoms with Gasteiger partial charge in [0.05, 0.1) is 17.8 Å². The molecule has 30 heavy (non-hydrogen) atoms. The first-order chi connectivity index (χ1) is 14.5. The van der Waals surface area contributed by atoms with E-state index in [-0.39, 0.29) is 11.8 Å². The maximum atomic E-state index is 12.9. The highest BCUT2D eigenvalue weighted by atomic mass is 16.5. The maximum Gasteiger partial charge on any atom is 0.228 e. The van der Waals surface area contributed by atoms with Crippen LogP contribution in [-0.2, 0) is 11.2 Å². The van der Waals surface area contributed by atoms with Crippen molar-refractivity contribution in [2.75, 3.05) is 18.4 Å². The lowest BCUT2D eigenvalue weighted by atomic mass is 9.94. The summed E-state index contributed by atoms with van der Waals surface area (Å²) in [6.45, 7) is 7.13. The average Bonchev–Trinajstić information content (AvgIpc) is 3.08. The molecule has 3 aromatic rings. The zero-order valence-corrected chi connectivity index (χ0v) is 17.6. The third-order valence-electron chi connectivity index (χ3n) is 5.53. The van der Waals surface area contributed by atoms with Crippen LogP contribution in [0.25, 0.3) is 0 Å². The van der Waals surface area contributed by atoms with Gasteiger partial charge in [-0.2, -0.15) is 0 Å². The number of amides is 1. The van der Waals surface area contributed by atoms with Gasteiger partial charge in [-0.3, -0.25) is 4.79 Å². The first kappa shape index (κ1) is 20.0. The van der Waals surface area contributed by atoms with Gasteiger partial charge in [0.25, 0.3) is 0 Å². The summed E-state index contributed by atoms with van der Waals surface area (Å²) in [6.07, 6.45) is 5.82. The fourth-order valence-corrected chi connectivity index (χ4v) is 3.78. The Morgan fingerprint density at radius 2 is 2.10 bits per heavy atom. The van der Waals surface area contributed by atoms with Gasteiger partial charge >= 0.3 is 0 Å². The second-order valence-electron chi connectivity index (χ2n) is 7.81. The number of anilines is 2. The molecule has 0 radical (unpaired) electrons. The summed E-state index contributed by atoms with van der Waals surface area (Å²) in [5, 5.41) is 7.11. The van der Waals surface area contributed by atoms with Crippen molar-refractivity contribution in [2.24, 2.45) is 0 Å². The van der Waals surface area contributed by atoms with Crippen molar-refractivity contribution in [3.05, 3.63) is 58.9 Å². The van der Waals surface area contributed by atoms with Crippen LogP contribution in [0, 0.1) is 20.8 Å². The molecular weight excluding hydrogens is 380 g/mol. The molecule has 4 heterocycles. The van der Waals surface area contributed by atoms with E-state index in [4.69, 9.17) is 4.52 Å². The van der Waals surface area contributed by atoms with Crippen molar-refractivity contribution in [2.45, 2.75) is 46.0 Å². The largest absolute Gasteiger partial charge is 0.361 e. The molecule has 3 aromatic heterocycles. The van der Waals surface area contributed by atoms with Gasteiger partial charge in [-0.05, 0) is 51.3 Å². The molecule has 1 N–H and O–H groups in total. The molecule has 0 aromatic carbocycles. The molecule has 1 saturated heterocycles. The Labute approximate surface area is 175 Å². The number of carbonyl (C=O) groups is 1. The summed E-state index contributed by atoms with van der Waals surface area (Å²) in [7, 11) is 0. The van der Waals surface area contributed by atoms with Gasteiger partial charge in [0.1, 0.15) is 11.6 Å². The topological polar surface area (TPSA) is 97.0 Å². The number of carbonyl (C=O) groups excluding carboxylic acids is 1. The minimum atomic E-state index is 0.102. The van der Waals surface area contributed by atoms with Crippen molar-refractivity contribution in [3.63, 3.8) is 0 Å². The molecule has 1 atom stereocenters. The molecule has 0 bridgehead atoms. The quantitative estimate of drug-likeness (QED) is 0.693. The predicted octanol–water partition coefficient (Wildman–Crippen LogP) is 3.48. The maximum absolute atomic E-state index is 12.9. The Hall–Kier alpha value is -3.29. The van der Waals surface area contributed by atoms with Gasteiger partial charge in [-0.15, -0.1) is 0 Å². The van der Waals surface area contributed by atoms with Crippen LogP contribution in [0.1, 0.15) is 47.0 Å². The first-order valence-electron chi connectivity index (χ1n) is 10.2. The predicted molar refractivity (Wildman–Crippen MR) is 113 cm³/mol. The number of pyridine rings is 1. The van der Waals surface area contributed by atoms with Gasteiger partial charge in [0.15, 0.2) is 0 Å². The molecule has 1 aliphatic heterocycles. The van der Waals surface area contributed by atoms with Gasteiger partial charge in [0.2, 0.25) is 11.9 Å². The number of piperidine rings is 1. The van der Waals surface area contributed by atoms with E-state index in [0.29, 0.717) is 30.5 Å². The van der Waals surface area contributed by atoms with E-state index in [2.05, 4.69) is 25.4 Å². The third kappa shape index (κ3) is 4.48. The second-order valence-corrected chi connectivity index (χ2v) is 7.81. The zero-order valence-electron chi connectivity index (χ0n) is 17.6. The Kier molecular flexibility index (Phi) is 5.74. The SMILES string of the molecule is Cc1ccc(Nc2nccc(C3CCCN(C(=O)Cc4c(C)noc4C)C3)n2)nc1. The van der Waals surface area contributed by atoms with E-state index in [1.807, 2.05) is 43.9 Å². The number of likely N-dealkylation sites (tertiary alicyclic amines) is 1.